The van der Waals surface area contributed by atoms with Gasteiger partial charge in [-0.05, 0) is 37.3 Å². The number of ether oxygens (including phenoxy) is 1. The highest BCUT2D eigenvalue weighted by Gasteiger charge is 2.45. The maximum absolute atomic E-state index is 13.0. The summed E-state index contributed by atoms with van der Waals surface area (Å²) in [7, 11) is 0. The minimum absolute atomic E-state index is 0.0205. The first kappa shape index (κ1) is 23.6. The van der Waals surface area contributed by atoms with Crippen molar-refractivity contribution in [3.63, 3.8) is 0 Å². The van der Waals surface area contributed by atoms with E-state index in [0.717, 1.165) is 15.5 Å². The number of rotatable bonds is 6. The number of imide groups is 1. The standard InChI is InChI=1S/C22H21Cl2N3O5/c1-3-20(29)27(25-19(28)12-32-18-9-6-14(23)10-16(18)24)17-11-21(30)26(22(17)31)15-7-4-13(2)5-8-15/h4-10,17H,3,11-12H2,1-2H3,(H,25,28). The van der Waals surface area contributed by atoms with Crippen LogP contribution in [0.15, 0.2) is 42.5 Å². The van der Waals surface area contributed by atoms with Crippen LogP contribution in [-0.4, -0.2) is 41.3 Å². The molecular weight excluding hydrogens is 457 g/mol. The number of hydrogen-bond donors (Lipinski definition) is 1. The molecule has 8 nitrogen and oxygen atoms in total. The van der Waals surface area contributed by atoms with Crippen molar-refractivity contribution in [3.8, 4) is 5.75 Å². The van der Waals surface area contributed by atoms with Crippen molar-refractivity contribution in [2.45, 2.75) is 32.7 Å². The van der Waals surface area contributed by atoms with E-state index in [4.69, 9.17) is 27.9 Å². The number of carbonyl (C=O) groups is 4. The minimum atomic E-state index is -1.15. The Labute approximate surface area is 195 Å². The summed E-state index contributed by atoms with van der Waals surface area (Å²) in [6.07, 6.45) is -0.227. The molecule has 0 saturated carbocycles. The number of carbonyl (C=O) groups excluding carboxylic acids is 4. The first-order chi connectivity index (χ1) is 15.2. The summed E-state index contributed by atoms with van der Waals surface area (Å²) in [5.41, 5.74) is 3.77. The lowest BCUT2D eigenvalue weighted by molar-refractivity contribution is -0.148. The van der Waals surface area contributed by atoms with Gasteiger partial charge in [0.2, 0.25) is 11.8 Å². The molecule has 1 fully saturated rings. The van der Waals surface area contributed by atoms with Gasteiger partial charge in [-0.3, -0.25) is 24.6 Å². The average molecular weight is 478 g/mol. The molecule has 1 unspecified atom stereocenters. The van der Waals surface area contributed by atoms with E-state index in [0.29, 0.717) is 10.7 Å². The van der Waals surface area contributed by atoms with Gasteiger partial charge in [-0.2, -0.15) is 0 Å². The summed E-state index contributed by atoms with van der Waals surface area (Å²) in [5, 5.41) is 1.54. The second kappa shape index (κ2) is 10.0. The van der Waals surface area contributed by atoms with Crippen molar-refractivity contribution in [3.05, 3.63) is 58.1 Å². The molecule has 1 N–H and O–H groups in total. The van der Waals surface area contributed by atoms with Crippen LogP contribution in [0.3, 0.4) is 0 Å². The summed E-state index contributed by atoms with van der Waals surface area (Å²) in [5.74, 6) is -2.03. The maximum atomic E-state index is 13.0. The minimum Gasteiger partial charge on any atom is -0.482 e. The van der Waals surface area contributed by atoms with Gasteiger partial charge in [-0.1, -0.05) is 47.8 Å². The fourth-order valence-electron chi connectivity index (χ4n) is 3.17. The molecule has 32 heavy (non-hydrogen) atoms. The fourth-order valence-corrected chi connectivity index (χ4v) is 3.63. The summed E-state index contributed by atoms with van der Waals surface area (Å²) in [6, 6.07) is 10.2. The van der Waals surface area contributed by atoms with Gasteiger partial charge < -0.3 is 4.74 Å². The van der Waals surface area contributed by atoms with E-state index >= 15 is 0 Å². The third kappa shape index (κ3) is 5.20. The Morgan fingerprint density at radius 2 is 1.84 bits per heavy atom. The van der Waals surface area contributed by atoms with E-state index in [-0.39, 0.29) is 23.6 Å². The van der Waals surface area contributed by atoms with Crippen LogP contribution in [-0.2, 0) is 19.2 Å². The molecule has 0 spiro atoms. The van der Waals surface area contributed by atoms with Gasteiger partial charge in [0.05, 0.1) is 17.1 Å². The van der Waals surface area contributed by atoms with E-state index < -0.39 is 36.3 Å². The number of hydrogen-bond acceptors (Lipinski definition) is 5. The number of nitrogens with one attached hydrogen (secondary N) is 1. The van der Waals surface area contributed by atoms with Crippen molar-refractivity contribution in [1.82, 2.24) is 10.4 Å². The molecule has 1 aliphatic heterocycles. The van der Waals surface area contributed by atoms with Crippen LogP contribution in [0.25, 0.3) is 0 Å². The Morgan fingerprint density at radius 1 is 1.16 bits per heavy atom. The molecule has 2 aromatic carbocycles. The largest absolute Gasteiger partial charge is 0.482 e. The summed E-state index contributed by atoms with van der Waals surface area (Å²) >= 11 is 11.9. The quantitative estimate of drug-likeness (QED) is 0.508. The lowest BCUT2D eigenvalue weighted by Gasteiger charge is -2.27. The van der Waals surface area contributed by atoms with Crippen LogP contribution < -0.4 is 15.1 Å². The topological polar surface area (TPSA) is 96.0 Å². The molecule has 10 heteroatoms. The number of aryl methyl sites for hydroxylation is 1. The van der Waals surface area contributed by atoms with Gasteiger partial charge in [0.15, 0.2) is 6.61 Å². The van der Waals surface area contributed by atoms with Crippen molar-refractivity contribution >= 4 is 52.5 Å². The van der Waals surface area contributed by atoms with Gasteiger partial charge in [0, 0.05) is 11.4 Å². The molecule has 1 heterocycles. The molecule has 0 aromatic heterocycles. The Bertz CT molecular complexity index is 1060. The molecule has 2 aromatic rings. The van der Waals surface area contributed by atoms with E-state index in [1.54, 1.807) is 37.3 Å². The van der Waals surface area contributed by atoms with E-state index in [1.165, 1.54) is 12.1 Å². The highest BCUT2D eigenvalue weighted by Crippen LogP contribution is 2.28. The summed E-state index contributed by atoms with van der Waals surface area (Å²) in [6.45, 7) is 3.01. The van der Waals surface area contributed by atoms with Crippen molar-refractivity contribution in [2.24, 2.45) is 0 Å². The number of benzene rings is 2. The summed E-state index contributed by atoms with van der Waals surface area (Å²) in [4.78, 5) is 51.5. The maximum Gasteiger partial charge on any atom is 0.276 e. The Kier molecular flexibility index (Phi) is 7.37. The van der Waals surface area contributed by atoms with Crippen LogP contribution in [0.1, 0.15) is 25.3 Å². The third-order valence-electron chi connectivity index (χ3n) is 4.80. The molecule has 1 atom stereocenters. The van der Waals surface area contributed by atoms with E-state index in [2.05, 4.69) is 5.43 Å². The van der Waals surface area contributed by atoms with E-state index in [9.17, 15) is 19.2 Å². The number of hydrazine groups is 1. The molecule has 0 bridgehead atoms. The normalized spacial score (nSPS) is 15.6. The zero-order valence-corrected chi connectivity index (χ0v) is 18.9. The molecule has 168 valence electrons. The number of halogens is 2. The third-order valence-corrected chi connectivity index (χ3v) is 5.33. The Balaban J connectivity index is 1.72. The Hall–Kier alpha value is -3.10. The number of amides is 4. The predicted molar refractivity (Wildman–Crippen MR) is 119 cm³/mol. The highest BCUT2D eigenvalue weighted by atomic mass is 35.5. The lowest BCUT2D eigenvalue weighted by atomic mass is 10.2. The monoisotopic (exact) mass is 477 g/mol. The second-order valence-corrected chi connectivity index (χ2v) is 7.98. The van der Waals surface area contributed by atoms with Gasteiger partial charge >= 0.3 is 0 Å². The van der Waals surface area contributed by atoms with Crippen LogP contribution in [0.2, 0.25) is 10.0 Å². The molecule has 1 saturated heterocycles. The first-order valence-corrected chi connectivity index (χ1v) is 10.6. The van der Waals surface area contributed by atoms with Gasteiger partial charge in [0.1, 0.15) is 11.8 Å². The van der Waals surface area contributed by atoms with Crippen molar-refractivity contribution in [1.29, 1.82) is 0 Å². The zero-order chi connectivity index (χ0) is 23.4. The highest BCUT2D eigenvalue weighted by molar-refractivity contribution is 6.35. The van der Waals surface area contributed by atoms with Crippen LogP contribution in [0.5, 0.6) is 5.75 Å². The fraction of sp³-hybridized carbons (Fsp3) is 0.273. The number of anilines is 1. The van der Waals surface area contributed by atoms with Crippen LogP contribution >= 0.6 is 23.2 Å². The predicted octanol–water partition coefficient (Wildman–Crippen LogP) is 3.28. The molecule has 4 amide bonds. The zero-order valence-electron chi connectivity index (χ0n) is 17.4. The molecule has 0 aliphatic carbocycles. The van der Waals surface area contributed by atoms with Gasteiger partial charge in [-0.25, -0.2) is 9.91 Å². The van der Waals surface area contributed by atoms with E-state index in [1.807, 2.05) is 6.92 Å². The molecular formula is C22H21Cl2N3O5. The second-order valence-electron chi connectivity index (χ2n) is 7.14. The SMILES string of the molecule is CCC(=O)N(NC(=O)COc1ccc(Cl)cc1Cl)C1CC(=O)N(c2ccc(C)cc2)C1=O. The molecule has 0 radical (unpaired) electrons. The first-order valence-electron chi connectivity index (χ1n) is 9.84. The van der Waals surface area contributed by atoms with Gasteiger partial charge in [-0.15, -0.1) is 0 Å². The molecule has 3 rings (SSSR count). The lowest BCUT2D eigenvalue weighted by Crippen LogP contribution is -2.55. The van der Waals surface area contributed by atoms with Crippen LogP contribution in [0.4, 0.5) is 5.69 Å². The molecule has 1 aliphatic rings. The van der Waals surface area contributed by atoms with Gasteiger partial charge in [0.25, 0.3) is 11.8 Å². The van der Waals surface area contributed by atoms with Crippen molar-refractivity contribution in [2.75, 3.05) is 11.5 Å². The summed E-state index contributed by atoms with van der Waals surface area (Å²) < 4.78 is 5.38. The van der Waals surface area contributed by atoms with Crippen LogP contribution in [0, 0.1) is 6.92 Å². The van der Waals surface area contributed by atoms with Crippen molar-refractivity contribution < 1.29 is 23.9 Å². The number of nitrogens with zero attached hydrogens (tertiary/aromatic N) is 2. The Morgan fingerprint density at radius 3 is 2.47 bits per heavy atom. The smallest absolute Gasteiger partial charge is 0.276 e. The average Bonchev–Trinajstić information content (AvgIpc) is 3.05.